The molecule has 0 saturated carbocycles. The number of nitrogens with one attached hydrogen (secondary N) is 3. The zero-order valence-corrected chi connectivity index (χ0v) is 11.4. The predicted molar refractivity (Wildman–Crippen MR) is 70.9 cm³/mol. The normalized spacial score (nSPS) is 23.6. The summed E-state index contributed by atoms with van der Waals surface area (Å²) in [7, 11) is 1.46. The molecule has 1 aliphatic heterocycles. The van der Waals surface area contributed by atoms with Gasteiger partial charge in [0, 0.05) is 13.5 Å². The smallest absolute Gasteiger partial charge is 0.266 e. The number of likely N-dealkylation sites (N-methyl/N-ethyl adjacent to an activating group) is 1. The molecule has 19 heavy (non-hydrogen) atoms. The van der Waals surface area contributed by atoms with Crippen LogP contribution < -0.4 is 16.0 Å². The van der Waals surface area contributed by atoms with Crippen molar-refractivity contribution >= 4 is 17.7 Å². The molecule has 1 unspecified atom stereocenters. The van der Waals surface area contributed by atoms with Crippen molar-refractivity contribution in [2.24, 2.45) is 5.92 Å². The molecule has 3 amide bonds. The van der Waals surface area contributed by atoms with Crippen LogP contribution in [-0.4, -0.2) is 30.8 Å². The minimum absolute atomic E-state index is 0.0168. The van der Waals surface area contributed by atoms with Crippen molar-refractivity contribution in [2.45, 2.75) is 38.6 Å². The van der Waals surface area contributed by atoms with Gasteiger partial charge in [-0.3, -0.25) is 14.4 Å². The quantitative estimate of drug-likeness (QED) is 0.632. The summed E-state index contributed by atoms with van der Waals surface area (Å²) in [6.07, 6.45) is 2.71. The highest BCUT2D eigenvalue weighted by atomic mass is 16.2. The fourth-order valence-corrected chi connectivity index (χ4v) is 1.95. The van der Waals surface area contributed by atoms with Crippen molar-refractivity contribution in [3.63, 3.8) is 0 Å². The van der Waals surface area contributed by atoms with E-state index >= 15 is 0 Å². The first kappa shape index (κ1) is 15.2. The Morgan fingerprint density at radius 1 is 1.32 bits per heavy atom. The summed E-state index contributed by atoms with van der Waals surface area (Å²) in [5.41, 5.74) is -0.0168. The lowest BCUT2D eigenvalue weighted by molar-refractivity contribution is -0.130. The molecule has 0 aromatic carbocycles. The molecule has 0 bridgehead atoms. The van der Waals surface area contributed by atoms with Crippen molar-refractivity contribution in [1.82, 2.24) is 16.0 Å². The first-order valence-electron chi connectivity index (χ1n) is 6.45. The van der Waals surface area contributed by atoms with Crippen molar-refractivity contribution in [2.75, 3.05) is 7.05 Å². The molecule has 2 atom stereocenters. The maximum Gasteiger partial charge on any atom is 0.266 e. The Morgan fingerprint density at radius 3 is 2.63 bits per heavy atom. The summed E-state index contributed by atoms with van der Waals surface area (Å²) in [4.78, 5) is 34.8. The van der Waals surface area contributed by atoms with Gasteiger partial charge >= 0.3 is 0 Å². The molecular weight excluding hydrogens is 246 g/mol. The zero-order valence-electron chi connectivity index (χ0n) is 11.4. The van der Waals surface area contributed by atoms with Gasteiger partial charge in [-0.2, -0.15) is 0 Å². The van der Waals surface area contributed by atoms with Gasteiger partial charge in [0.15, 0.2) is 0 Å². The molecule has 1 saturated heterocycles. The van der Waals surface area contributed by atoms with Crippen LogP contribution in [0, 0.1) is 5.92 Å². The maximum absolute atomic E-state index is 12.0. The van der Waals surface area contributed by atoms with Crippen LogP contribution in [0.25, 0.3) is 0 Å². The monoisotopic (exact) mass is 267 g/mol. The van der Waals surface area contributed by atoms with E-state index in [0.717, 1.165) is 12.8 Å². The van der Waals surface area contributed by atoms with E-state index in [4.69, 9.17) is 0 Å². The molecule has 6 heteroatoms. The van der Waals surface area contributed by atoms with Gasteiger partial charge in [-0.1, -0.05) is 13.5 Å². The predicted octanol–water partition coefficient (Wildman–Crippen LogP) is 0.0572. The van der Waals surface area contributed by atoms with Crippen LogP contribution in [0.1, 0.15) is 32.6 Å². The molecule has 3 N–H and O–H groups in total. The third kappa shape index (κ3) is 4.73. The third-order valence-electron chi connectivity index (χ3n) is 3.24. The lowest BCUT2D eigenvalue weighted by atomic mass is 9.94. The first-order valence-corrected chi connectivity index (χ1v) is 6.45. The van der Waals surface area contributed by atoms with E-state index in [0.29, 0.717) is 18.8 Å². The molecule has 0 aromatic rings. The molecule has 1 aliphatic rings. The molecular formula is C13H21N3O3. The highest BCUT2D eigenvalue weighted by molar-refractivity contribution is 5.98. The van der Waals surface area contributed by atoms with E-state index in [1.54, 1.807) is 0 Å². The first-order chi connectivity index (χ1) is 8.93. The molecule has 0 aromatic heterocycles. The van der Waals surface area contributed by atoms with E-state index in [-0.39, 0.29) is 11.6 Å². The van der Waals surface area contributed by atoms with E-state index < -0.39 is 17.9 Å². The average molecular weight is 267 g/mol. The molecule has 1 fully saturated rings. The number of rotatable bonds is 3. The molecule has 6 nitrogen and oxygen atoms in total. The number of carbonyl (C=O) groups is 3. The zero-order chi connectivity index (χ0) is 14.4. The summed E-state index contributed by atoms with van der Waals surface area (Å²) < 4.78 is 0. The SMILES string of the molecule is C=C(NC(=O)[C@@H]1CCC(C)CCC(=O)N1)C(=O)NC. The van der Waals surface area contributed by atoms with Crippen LogP contribution in [0.15, 0.2) is 12.3 Å². The van der Waals surface area contributed by atoms with Crippen molar-refractivity contribution in [3.05, 3.63) is 12.3 Å². The van der Waals surface area contributed by atoms with Crippen LogP contribution in [0.2, 0.25) is 0 Å². The van der Waals surface area contributed by atoms with Gasteiger partial charge in [0.2, 0.25) is 11.8 Å². The van der Waals surface area contributed by atoms with E-state index in [1.807, 2.05) is 0 Å². The molecule has 1 rings (SSSR count). The second-order valence-electron chi connectivity index (χ2n) is 4.89. The van der Waals surface area contributed by atoms with Crippen LogP contribution in [0.5, 0.6) is 0 Å². The lowest BCUT2D eigenvalue weighted by Gasteiger charge is -2.23. The van der Waals surface area contributed by atoms with Crippen molar-refractivity contribution < 1.29 is 14.4 Å². The minimum atomic E-state index is -0.600. The largest absolute Gasteiger partial charge is 0.354 e. The second-order valence-corrected chi connectivity index (χ2v) is 4.89. The Morgan fingerprint density at radius 2 is 2.00 bits per heavy atom. The Balaban J connectivity index is 2.60. The number of hydrogen-bond acceptors (Lipinski definition) is 3. The maximum atomic E-state index is 12.0. The summed E-state index contributed by atoms with van der Waals surface area (Å²) in [5.74, 6) is -0.546. The van der Waals surface area contributed by atoms with Gasteiger partial charge in [0.25, 0.3) is 5.91 Å². The highest BCUT2D eigenvalue weighted by Crippen LogP contribution is 2.17. The highest BCUT2D eigenvalue weighted by Gasteiger charge is 2.25. The number of carbonyl (C=O) groups excluding carboxylic acids is 3. The van der Waals surface area contributed by atoms with E-state index in [9.17, 15) is 14.4 Å². The van der Waals surface area contributed by atoms with Gasteiger partial charge in [-0.05, 0) is 25.2 Å². The molecule has 0 aliphatic carbocycles. The molecule has 1 heterocycles. The van der Waals surface area contributed by atoms with Gasteiger partial charge in [0.1, 0.15) is 6.04 Å². The van der Waals surface area contributed by atoms with Crippen LogP contribution in [0.3, 0.4) is 0 Å². The topological polar surface area (TPSA) is 87.3 Å². The molecule has 106 valence electrons. The fraction of sp³-hybridized carbons (Fsp3) is 0.615. The summed E-state index contributed by atoms with van der Waals surface area (Å²) in [6.45, 7) is 5.55. The third-order valence-corrected chi connectivity index (χ3v) is 3.24. The summed E-state index contributed by atoms with van der Waals surface area (Å²) >= 11 is 0. The van der Waals surface area contributed by atoms with Crippen molar-refractivity contribution in [3.8, 4) is 0 Å². The number of amides is 3. The van der Waals surface area contributed by atoms with Crippen LogP contribution in [0.4, 0.5) is 0 Å². The standard InChI is InChI=1S/C13H21N3O3/c1-8-4-6-10(16-11(17)7-5-8)13(19)15-9(2)12(18)14-3/h8,10H,2,4-7H2,1,3H3,(H,14,18)(H,15,19)(H,16,17)/t8?,10-/m0/s1. The number of hydrogen-bond donors (Lipinski definition) is 3. The van der Waals surface area contributed by atoms with E-state index in [2.05, 4.69) is 29.5 Å². The van der Waals surface area contributed by atoms with Gasteiger partial charge in [0.05, 0.1) is 5.70 Å². The summed E-state index contributed by atoms with van der Waals surface area (Å²) in [5, 5.41) is 7.47. The Kier molecular flexibility index (Phi) is 5.54. The molecule has 0 radical (unpaired) electrons. The second kappa shape index (κ2) is 6.92. The lowest BCUT2D eigenvalue weighted by Crippen LogP contribution is -2.48. The van der Waals surface area contributed by atoms with Gasteiger partial charge in [-0.15, -0.1) is 0 Å². The molecule has 0 spiro atoms. The van der Waals surface area contributed by atoms with Gasteiger partial charge in [-0.25, -0.2) is 0 Å². The fourth-order valence-electron chi connectivity index (χ4n) is 1.95. The Bertz CT molecular complexity index is 393. The Hall–Kier alpha value is -1.85. The van der Waals surface area contributed by atoms with Gasteiger partial charge < -0.3 is 16.0 Å². The Labute approximate surface area is 113 Å². The van der Waals surface area contributed by atoms with E-state index in [1.165, 1.54) is 7.05 Å². The van der Waals surface area contributed by atoms with Crippen molar-refractivity contribution in [1.29, 1.82) is 0 Å². The van der Waals surface area contributed by atoms with Crippen LogP contribution >= 0.6 is 0 Å². The summed E-state index contributed by atoms with van der Waals surface area (Å²) in [6, 6.07) is -0.600. The minimum Gasteiger partial charge on any atom is -0.354 e. The average Bonchev–Trinajstić information content (AvgIpc) is 2.37. The van der Waals surface area contributed by atoms with Crippen LogP contribution in [-0.2, 0) is 14.4 Å².